The van der Waals surface area contributed by atoms with Crippen molar-refractivity contribution in [2.75, 3.05) is 40.8 Å². The van der Waals surface area contributed by atoms with E-state index in [1.54, 1.807) is 25.3 Å². The van der Waals surface area contributed by atoms with Crippen LogP contribution in [0.15, 0.2) is 63.8 Å². The fourth-order valence-electron chi connectivity index (χ4n) is 4.39. The fourth-order valence-corrected chi connectivity index (χ4v) is 4.39. The zero-order chi connectivity index (χ0) is 22.0. The van der Waals surface area contributed by atoms with Gasteiger partial charge in [0.15, 0.2) is 0 Å². The third-order valence-electron chi connectivity index (χ3n) is 6.06. The van der Waals surface area contributed by atoms with Crippen LogP contribution < -0.4 is 5.63 Å². The number of likely N-dealkylation sites (N-methyl/N-ethyl adjacent to an activating group) is 1. The van der Waals surface area contributed by atoms with E-state index in [9.17, 15) is 9.59 Å². The van der Waals surface area contributed by atoms with Crippen LogP contribution in [0.1, 0.15) is 23.2 Å². The third kappa shape index (κ3) is 4.40. The van der Waals surface area contributed by atoms with Gasteiger partial charge in [0.25, 0.3) is 5.91 Å². The molecule has 6 heteroatoms. The molecule has 6 nitrogen and oxygen atoms in total. The van der Waals surface area contributed by atoms with Gasteiger partial charge >= 0.3 is 5.63 Å². The minimum absolute atomic E-state index is 0.0263. The number of benzene rings is 2. The second-order valence-corrected chi connectivity index (χ2v) is 8.48. The average molecular weight is 421 g/mol. The second-order valence-electron chi connectivity index (χ2n) is 8.48. The largest absolute Gasteiger partial charge is 0.422 e. The number of rotatable bonds is 5. The Morgan fingerprint density at radius 2 is 1.84 bits per heavy atom. The fraction of sp³-hybridized carbons (Fsp3) is 0.360. The van der Waals surface area contributed by atoms with Crippen molar-refractivity contribution in [2.24, 2.45) is 0 Å². The maximum absolute atomic E-state index is 13.2. The van der Waals surface area contributed by atoms with Crippen molar-refractivity contribution in [1.29, 1.82) is 0 Å². The Morgan fingerprint density at radius 1 is 1.10 bits per heavy atom. The number of hydrogen-bond donors (Lipinski definition) is 0. The predicted molar refractivity (Wildman–Crippen MR) is 121 cm³/mol. The lowest BCUT2D eigenvalue weighted by Gasteiger charge is -2.42. The number of para-hydroxylation sites is 1. The van der Waals surface area contributed by atoms with Gasteiger partial charge in [0.05, 0.1) is 11.2 Å². The number of likely N-dealkylation sites (tertiary alicyclic amines) is 1. The second kappa shape index (κ2) is 8.65. The van der Waals surface area contributed by atoms with E-state index in [1.165, 1.54) is 0 Å². The summed E-state index contributed by atoms with van der Waals surface area (Å²) in [4.78, 5) is 29.7. The van der Waals surface area contributed by atoms with E-state index < -0.39 is 5.63 Å². The molecule has 0 spiro atoms. The molecule has 4 rings (SSSR count). The number of nitrogens with zero attached hydrogens (tertiary/aromatic N) is 2. The van der Waals surface area contributed by atoms with Gasteiger partial charge in [-0.25, -0.2) is 4.79 Å². The minimum Gasteiger partial charge on any atom is -0.422 e. The summed E-state index contributed by atoms with van der Waals surface area (Å²) >= 11 is 0. The smallest absolute Gasteiger partial charge is 0.344 e. The molecule has 2 aromatic carbocycles. The molecule has 3 aromatic rings. The molecule has 0 saturated carbocycles. The third-order valence-corrected chi connectivity index (χ3v) is 6.06. The summed E-state index contributed by atoms with van der Waals surface area (Å²) < 4.78 is 11.3. The first kappa shape index (κ1) is 21.3. The first-order valence-electron chi connectivity index (χ1n) is 10.5. The summed E-state index contributed by atoms with van der Waals surface area (Å²) in [6.07, 6.45) is 1.59. The molecule has 1 amide bonds. The number of ether oxygens (including phenoxy) is 1. The Labute approximate surface area is 182 Å². The lowest BCUT2D eigenvalue weighted by atomic mass is 9.90. The standard InChI is InChI=1S/C25H28N2O4/c1-26(2)17-25(30-3)11-13-27(14-12-25)23(28)20-9-6-8-18(15-20)21-16-19-7-4-5-10-22(19)31-24(21)29/h4-10,15-16H,11-14,17H2,1-3H3. The molecule has 0 atom stereocenters. The molecule has 2 heterocycles. The highest BCUT2D eigenvalue weighted by Gasteiger charge is 2.36. The van der Waals surface area contributed by atoms with Crippen molar-refractivity contribution in [3.8, 4) is 11.1 Å². The molecular formula is C25H28N2O4. The molecule has 0 unspecified atom stereocenters. The number of piperidine rings is 1. The molecule has 31 heavy (non-hydrogen) atoms. The Bertz CT molecular complexity index is 1140. The molecule has 1 aliphatic rings. The predicted octanol–water partition coefficient (Wildman–Crippen LogP) is 3.64. The molecule has 162 valence electrons. The summed E-state index contributed by atoms with van der Waals surface area (Å²) in [6.45, 7) is 2.12. The van der Waals surface area contributed by atoms with Gasteiger partial charge in [0, 0.05) is 37.7 Å². The van der Waals surface area contributed by atoms with Gasteiger partial charge in [-0.05, 0) is 56.8 Å². The zero-order valence-corrected chi connectivity index (χ0v) is 18.3. The monoisotopic (exact) mass is 420 g/mol. The molecular weight excluding hydrogens is 392 g/mol. The van der Waals surface area contributed by atoms with Gasteiger partial charge in [-0.2, -0.15) is 0 Å². The topological polar surface area (TPSA) is 63.0 Å². The van der Waals surface area contributed by atoms with Crippen molar-refractivity contribution in [1.82, 2.24) is 9.80 Å². The molecule has 1 fully saturated rings. The number of fused-ring (bicyclic) bond motifs is 1. The molecule has 0 aliphatic carbocycles. The molecule has 1 aliphatic heterocycles. The van der Waals surface area contributed by atoms with Crippen molar-refractivity contribution in [3.05, 3.63) is 70.6 Å². The highest BCUT2D eigenvalue weighted by molar-refractivity contribution is 5.95. The SMILES string of the molecule is COC1(CN(C)C)CCN(C(=O)c2cccc(-c3cc4ccccc4oc3=O)c2)CC1. The van der Waals surface area contributed by atoms with Crippen LogP contribution in [0.2, 0.25) is 0 Å². The van der Waals surface area contributed by atoms with Crippen LogP contribution in [0, 0.1) is 0 Å². The van der Waals surface area contributed by atoms with Gasteiger partial charge in [-0.3, -0.25) is 4.79 Å². The van der Waals surface area contributed by atoms with Gasteiger partial charge < -0.3 is 19.0 Å². The van der Waals surface area contributed by atoms with Gasteiger partial charge in [0.2, 0.25) is 0 Å². The zero-order valence-electron chi connectivity index (χ0n) is 18.3. The number of hydrogen-bond acceptors (Lipinski definition) is 5. The van der Waals surface area contributed by atoms with Crippen LogP contribution in [0.3, 0.4) is 0 Å². The highest BCUT2D eigenvalue weighted by atomic mass is 16.5. The van der Waals surface area contributed by atoms with Gasteiger partial charge in [-0.1, -0.05) is 30.3 Å². The average Bonchev–Trinajstić information content (AvgIpc) is 2.78. The molecule has 1 aromatic heterocycles. The van der Waals surface area contributed by atoms with Crippen LogP contribution in [0.5, 0.6) is 0 Å². The van der Waals surface area contributed by atoms with E-state index >= 15 is 0 Å². The van der Waals surface area contributed by atoms with Gasteiger partial charge in [0.1, 0.15) is 5.58 Å². The molecule has 0 N–H and O–H groups in total. The molecule has 0 radical (unpaired) electrons. The number of methoxy groups -OCH3 is 1. The molecule has 0 bridgehead atoms. The van der Waals surface area contributed by atoms with Crippen molar-refractivity contribution in [2.45, 2.75) is 18.4 Å². The van der Waals surface area contributed by atoms with E-state index in [0.717, 1.165) is 24.8 Å². The van der Waals surface area contributed by atoms with Crippen molar-refractivity contribution < 1.29 is 13.9 Å². The summed E-state index contributed by atoms with van der Waals surface area (Å²) in [7, 11) is 5.82. The molecule has 1 saturated heterocycles. The minimum atomic E-state index is -0.408. The Kier molecular flexibility index (Phi) is 5.94. The summed E-state index contributed by atoms with van der Waals surface area (Å²) in [6, 6.07) is 16.5. The van der Waals surface area contributed by atoms with Crippen LogP contribution in [-0.4, -0.2) is 62.1 Å². The first-order chi connectivity index (χ1) is 14.9. The normalized spacial score (nSPS) is 16.1. The van der Waals surface area contributed by atoms with E-state index in [0.29, 0.717) is 35.4 Å². The van der Waals surface area contributed by atoms with Crippen LogP contribution >= 0.6 is 0 Å². The Hall–Kier alpha value is -2.96. The van der Waals surface area contributed by atoms with Crippen molar-refractivity contribution in [3.63, 3.8) is 0 Å². The summed E-state index contributed by atoms with van der Waals surface area (Å²) in [5, 5.41) is 0.849. The van der Waals surface area contributed by atoms with Crippen molar-refractivity contribution >= 4 is 16.9 Å². The Balaban J connectivity index is 1.56. The first-order valence-corrected chi connectivity index (χ1v) is 10.5. The van der Waals surface area contributed by atoms with E-state index in [1.807, 2.05) is 55.4 Å². The number of carbonyl (C=O) groups excluding carboxylic acids is 1. The maximum atomic E-state index is 13.2. The quantitative estimate of drug-likeness (QED) is 0.590. The highest BCUT2D eigenvalue weighted by Crippen LogP contribution is 2.28. The van der Waals surface area contributed by atoms with E-state index in [4.69, 9.17) is 9.15 Å². The maximum Gasteiger partial charge on any atom is 0.344 e. The van der Waals surface area contributed by atoms with E-state index in [-0.39, 0.29) is 11.5 Å². The summed E-state index contributed by atoms with van der Waals surface area (Å²) in [5.41, 5.74) is 1.64. The lowest BCUT2D eigenvalue weighted by molar-refractivity contribution is -0.0654. The number of amides is 1. The van der Waals surface area contributed by atoms with Crippen LogP contribution in [0.25, 0.3) is 22.1 Å². The van der Waals surface area contributed by atoms with Crippen LogP contribution in [0.4, 0.5) is 0 Å². The van der Waals surface area contributed by atoms with Gasteiger partial charge in [-0.15, -0.1) is 0 Å². The Morgan fingerprint density at radius 3 is 2.55 bits per heavy atom. The lowest BCUT2D eigenvalue weighted by Crippen LogP contribution is -2.52. The summed E-state index contributed by atoms with van der Waals surface area (Å²) in [5.74, 6) is -0.0263. The van der Waals surface area contributed by atoms with E-state index in [2.05, 4.69) is 4.90 Å². The van der Waals surface area contributed by atoms with Crippen LogP contribution in [-0.2, 0) is 4.74 Å². The number of carbonyl (C=O) groups is 1.